The molecule has 1 aliphatic carbocycles. The molecule has 0 aromatic heterocycles. The van der Waals surface area contributed by atoms with Gasteiger partial charge in [0.15, 0.2) is 0 Å². The van der Waals surface area contributed by atoms with Gasteiger partial charge in [-0.1, -0.05) is 43.2 Å². The lowest BCUT2D eigenvalue weighted by atomic mass is 9.92. The van der Waals surface area contributed by atoms with Gasteiger partial charge < -0.3 is 0 Å². The first-order valence-electron chi connectivity index (χ1n) is 5.33. The Morgan fingerprint density at radius 2 is 1.77 bits per heavy atom. The van der Waals surface area contributed by atoms with Crippen molar-refractivity contribution in [3.63, 3.8) is 0 Å². The molecule has 0 saturated heterocycles. The van der Waals surface area contributed by atoms with Crippen LogP contribution < -0.4 is 0 Å². The number of hydrogen-bond donors (Lipinski definition) is 0. The Morgan fingerprint density at radius 1 is 0.923 bits per heavy atom. The van der Waals surface area contributed by atoms with Gasteiger partial charge in [0.1, 0.15) is 0 Å². The summed E-state index contributed by atoms with van der Waals surface area (Å²) in [4.78, 5) is 0. The van der Waals surface area contributed by atoms with Crippen molar-refractivity contribution in [1.29, 1.82) is 0 Å². The molecule has 1 saturated carbocycles. The average molecular weight is 173 g/mol. The van der Waals surface area contributed by atoms with Crippen LogP contribution in [0.3, 0.4) is 0 Å². The summed E-state index contributed by atoms with van der Waals surface area (Å²) in [6, 6.07) is 11.0. The van der Waals surface area contributed by atoms with Gasteiger partial charge in [0, 0.05) is 0 Å². The van der Waals surface area contributed by atoms with E-state index in [1.165, 1.54) is 37.7 Å². The first-order chi connectivity index (χ1) is 6.47. The van der Waals surface area contributed by atoms with Crippen LogP contribution in [0.4, 0.5) is 0 Å². The minimum Gasteiger partial charge on any atom is -0.0622 e. The maximum absolute atomic E-state index is 2.45. The zero-order valence-electron chi connectivity index (χ0n) is 8.08. The third kappa shape index (κ3) is 2.33. The molecule has 1 atom stereocenters. The van der Waals surface area contributed by atoms with Gasteiger partial charge >= 0.3 is 0 Å². The van der Waals surface area contributed by atoms with E-state index in [2.05, 4.69) is 36.8 Å². The summed E-state index contributed by atoms with van der Waals surface area (Å²) >= 11 is 0. The molecule has 1 fully saturated rings. The van der Waals surface area contributed by atoms with Crippen molar-refractivity contribution >= 4 is 0 Å². The second-order valence-corrected chi connectivity index (χ2v) is 3.90. The molecule has 0 heterocycles. The number of benzene rings is 1. The van der Waals surface area contributed by atoms with E-state index >= 15 is 0 Å². The summed E-state index contributed by atoms with van der Waals surface area (Å²) in [6.45, 7) is 0. The predicted molar refractivity (Wildman–Crippen MR) is 56.6 cm³/mol. The summed E-state index contributed by atoms with van der Waals surface area (Å²) in [7, 11) is 0. The smallest absolute Gasteiger partial charge is 0.0162 e. The van der Waals surface area contributed by atoms with Crippen molar-refractivity contribution in [2.75, 3.05) is 0 Å². The van der Waals surface area contributed by atoms with Gasteiger partial charge in [-0.2, -0.15) is 0 Å². The van der Waals surface area contributed by atoms with Gasteiger partial charge in [-0.15, -0.1) is 0 Å². The van der Waals surface area contributed by atoms with E-state index in [0.29, 0.717) is 0 Å². The van der Waals surface area contributed by atoms with Crippen LogP contribution in [0.15, 0.2) is 30.3 Å². The van der Waals surface area contributed by atoms with Gasteiger partial charge in [0.25, 0.3) is 0 Å². The largest absolute Gasteiger partial charge is 0.0622 e. The topological polar surface area (TPSA) is 0 Å². The highest BCUT2D eigenvalue weighted by atomic mass is 14.2. The number of hydrogen-bond acceptors (Lipinski definition) is 0. The van der Waals surface area contributed by atoms with E-state index in [0.717, 1.165) is 5.92 Å². The lowest BCUT2D eigenvalue weighted by molar-refractivity contribution is 0.595. The maximum Gasteiger partial charge on any atom is -0.0162 e. The standard InChI is InChI=1S/C13H17/c1-2-5-9-12(8-4-1)13-10-6-3-7-11-13/h1,3,6-7,10-12H,2,4-5,8-9H2. The Hall–Kier alpha value is -0.780. The van der Waals surface area contributed by atoms with Crippen LogP contribution in [0.25, 0.3) is 0 Å². The van der Waals surface area contributed by atoms with Crippen LogP contribution in [-0.4, -0.2) is 0 Å². The third-order valence-electron chi connectivity index (χ3n) is 2.95. The fourth-order valence-electron chi connectivity index (χ4n) is 2.17. The van der Waals surface area contributed by atoms with Crippen molar-refractivity contribution in [2.24, 2.45) is 0 Å². The summed E-state index contributed by atoms with van der Waals surface area (Å²) in [5.74, 6) is 0.819. The van der Waals surface area contributed by atoms with Crippen molar-refractivity contribution < 1.29 is 0 Å². The van der Waals surface area contributed by atoms with Crippen LogP contribution in [-0.2, 0) is 0 Å². The Morgan fingerprint density at radius 3 is 2.62 bits per heavy atom. The van der Waals surface area contributed by atoms with Crippen molar-refractivity contribution in [2.45, 2.75) is 38.0 Å². The summed E-state index contributed by atoms with van der Waals surface area (Å²) in [5.41, 5.74) is 1.54. The minimum atomic E-state index is 0.819. The van der Waals surface area contributed by atoms with Gasteiger partial charge in [-0.3, -0.25) is 0 Å². The van der Waals surface area contributed by atoms with E-state index in [4.69, 9.17) is 0 Å². The number of rotatable bonds is 1. The van der Waals surface area contributed by atoms with Crippen LogP contribution in [0.1, 0.15) is 43.6 Å². The van der Waals surface area contributed by atoms with Gasteiger partial charge in [0.2, 0.25) is 0 Å². The first kappa shape index (κ1) is 8.80. The molecule has 1 radical (unpaired) electrons. The Kier molecular flexibility index (Phi) is 3.02. The van der Waals surface area contributed by atoms with Crippen molar-refractivity contribution in [3.8, 4) is 0 Å². The van der Waals surface area contributed by atoms with Gasteiger partial charge in [-0.05, 0) is 37.2 Å². The molecule has 0 aliphatic heterocycles. The predicted octanol–water partition coefficient (Wildman–Crippen LogP) is 3.94. The van der Waals surface area contributed by atoms with E-state index in [-0.39, 0.29) is 0 Å². The molecule has 1 aromatic carbocycles. The molecule has 69 valence electrons. The molecule has 1 aromatic rings. The zero-order valence-corrected chi connectivity index (χ0v) is 8.08. The van der Waals surface area contributed by atoms with Crippen LogP contribution >= 0.6 is 0 Å². The van der Waals surface area contributed by atoms with E-state index in [1.54, 1.807) is 0 Å². The quantitative estimate of drug-likeness (QED) is 0.564. The SMILES string of the molecule is [CH]1CCCC(c2ccccc2)CC1. The molecule has 0 N–H and O–H groups in total. The van der Waals surface area contributed by atoms with E-state index in [9.17, 15) is 0 Å². The molecule has 1 aliphatic rings. The minimum absolute atomic E-state index is 0.819. The lowest BCUT2D eigenvalue weighted by Crippen LogP contribution is -1.96. The highest BCUT2D eigenvalue weighted by Gasteiger charge is 2.13. The normalized spacial score (nSPS) is 19.7. The molecule has 0 spiro atoms. The molecule has 0 nitrogen and oxygen atoms in total. The Bertz CT molecular complexity index is 229. The third-order valence-corrected chi connectivity index (χ3v) is 2.95. The van der Waals surface area contributed by atoms with Crippen LogP contribution in [0, 0.1) is 6.42 Å². The van der Waals surface area contributed by atoms with Crippen molar-refractivity contribution in [1.82, 2.24) is 0 Å². The zero-order chi connectivity index (χ0) is 8.93. The molecule has 0 bridgehead atoms. The molecule has 0 heteroatoms. The molecular formula is C13H17. The second-order valence-electron chi connectivity index (χ2n) is 3.90. The average Bonchev–Trinajstić information content (AvgIpc) is 2.47. The fraction of sp³-hybridized carbons (Fsp3) is 0.462. The van der Waals surface area contributed by atoms with Crippen LogP contribution in [0.2, 0.25) is 0 Å². The molecule has 2 rings (SSSR count). The second kappa shape index (κ2) is 4.45. The Labute approximate surface area is 81.0 Å². The summed E-state index contributed by atoms with van der Waals surface area (Å²) < 4.78 is 0. The molecular weight excluding hydrogens is 156 g/mol. The van der Waals surface area contributed by atoms with E-state index < -0.39 is 0 Å². The Balaban J connectivity index is 2.06. The summed E-state index contributed by atoms with van der Waals surface area (Å²) in [6.07, 6.45) is 9.18. The maximum atomic E-state index is 2.45. The monoisotopic (exact) mass is 173 g/mol. The fourth-order valence-corrected chi connectivity index (χ4v) is 2.17. The van der Waals surface area contributed by atoms with Gasteiger partial charge in [-0.25, -0.2) is 0 Å². The highest BCUT2D eigenvalue weighted by molar-refractivity contribution is 5.19. The molecule has 13 heavy (non-hydrogen) atoms. The lowest BCUT2D eigenvalue weighted by Gasteiger charge is -2.13. The summed E-state index contributed by atoms with van der Waals surface area (Å²) in [5, 5.41) is 0. The van der Waals surface area contributed by atoms with Gasteiger partial charge in [0.05, 0.1) is 0 Å². The first-order valence-corrected chi connectivity index (χ1v) is 5.33. The highest BCUT2D eigenvalue weighted by Crippen LogP contribution is 2.30. The van der Waals surface area contributed by atoms with Crippen LogP contribution in [0.5, 0.6) is 0 Å². The van der Waals surface area contributed by atoms with E-state index in [1.807, 2.05) is 0 Å². The molecule has 1 unspecified atom stereocenters. The molecule has 0 amide bonds. The van der Waals surface area contributed by atoms with Crippen molar-refractivity contribution in [3.05, 3.63) is 42.3 Å².